The van der Waals surface area contributed by atoms with Crippen LogP contribution >= 0.6 is 11.8 Å². The van der Waals surface area contributed by atoms with Gasteiger partial charge in [-0.1, -0.05) is 19.1 Å². The zero-order chi connectivity index (χ0) is 17.2. The number of amides is 2. The first kappa shape index (κ1) is 17.7. The molecule has 126 valence electrons. The fraction of sp³-hybridized carbons (Fsp3) is 0.467. The molecule has 2 unspecified atom stereocenters. The molecule has 1 saturated heterocycles. The van der Waals surface area contributed by atoms with Gasteiger partial charge >= 0.3 is 5.51 Å². The summed E-state index contributed by atoms with van der Waals surface area (Å²) < 4.78 is 37.4. The predicted octanol–water partition coefficient (Wildman–Crippen LogP) is 2.88. The molecule has 1 aliphatic rings. The van der Waals surface area contributed by atoms with E-state index in [0.29, 0.717) is 18.5 Å². The maximum absolute atomic E-state index is 12.5. The molecule has 2 amide bonds. The van der Waals surface area contributed by atoms with Gasteiger partial charge in [-0.25, -0.2) is 0 Å². The highest BCUT2D eigenvalue weighted by atomic mass is 32.2. The van der Waals surface area contributed by atoms with Gasteiger partial charge in [0.1, 0.15) is 6.04 Å². The van der Waals surface area contributed by atoms with Crippen LogP contribution in [0.2, 0.25) is 0 Å². The number of nitrogens with two attached hydrogens (primary N) is 1. The number of halogens is 3. The van der Waals surface area contributed by atoms with Gasteiger partial charge in [0, 0.05) is 23.8 Å². The Bertz CT molecular complexity index is 607. The highest BCUT2D eigenvalue weighted by molar-refractivity contribution is 8.00. The first-order chi connectivity index (χ1) is 10.7. The van der Waals surface area contributed by atoms with E-state index in [1.54, 1.807) is 19.1 Å². The maximum atomic E-state index is 12.5. The van der Waals surface area contributed by atoms with E-state index in [0.717, 1.165) is 0 Å². The Morgan fingerprint density at radius 1 is 1.48 bits per heavy atom. The van der Waals surface area contributed by atoms with Gasteiger partial charge in [0.05, 0.1) is 0 Å². The SMILES string of the molecule is CCC(C(N)=O)N1CC(c2cccc(SC(F)(F)F)c2)CC1=O. The topological polar surface area (TPSA) is 63.4 Å². The molecule has 2 N–H and O–H groups in total. The number of hydrogen-bond donors (Lipinski definition) is 1. The molecule has 1 aromatic rings. The van der Waals surface area contributed by atoms with Crippen LogP contribution in [0.3, 0.4) is 0 Å². The standard InChI is InChI=1S/C15H17F3N2O2S/c1-2-12(14(19)22)20-8-10(7-13(20)21)9-4-3-5-11(6-9)23-15(16,17)18/h3-6,10,12H,2,7-8H2,1H3,(H2,19,22). The van der Waals surface area contributed by atoms with Crippen LogP contribution in [0.5, 0.6) is 0 Å². The van der Waals surface area contributed by atoms with Gasteiger partial charge in [-0.05, 0) is 35.9 Å². The van der Waals surface area contributed by atoms with Crippen molar-refractivity contribution in [2.75, 3.05) is 6.54 Å². The minimum absolute atomic E-state index is 0.0860. The van der Waals surface area contributed by atoms with E-state index >= 15 is 0 Å². The third-order valence-electron chi connectivity index (χ3n) is 3.81. The van der Waals surface area contributed by atoms with Crippen LogP contribution in [-0.4, -0.2) is 34.8 Å². The molecule has 0 radical (unpaired) electrons. The van der Waals surface area contributed by atoms with E-state index in [2.05, 4.69) is 0 Å². The van der Waals surface area contributed by atoms with Crippen LogP contribution in [-0.2, 0) is 9.59 Å². The summed E-state index contributed by atoms with van der Waals surface area (Å²) in [4.78, 5) is 25.0. The summed E-state index contributed by atoms with van der Waals surface area (Å²) in [7, 11) is 0. The van der Waals surface area contributed by atoms with Gasteiger partial charge in [-0.2, -0.15) is 13.2 Å². The Labute approximate surface area is 136 Å². The highest BCUT2D eigenvalue weighted by Crippen LogP contribution is 2.39. The Kier molecular flexibility index (Phi) is 5.23. The number of alkyl halides is 3. The number of thioether (sulfide) groups is 1. The van der Waals surface area contributed by atoms with Crippen LogP contribution in [0, 0.1) is 0 Å². The van der Waals surface area contributed by atoms with E-state index in [9.17, 15) is 22.8 Å². The number of nitrogens with zero attached hydrogens (tertiary/aromatic N) is 1. The summed E-state index contributed by atoms with van der Waals surface area (Å²) >= 11 is -0.182. The Morgan fingerprint density at radius 3 is 2.74 bits per heavy atom. The number of carbonyl (C=O) groups excluding carboxylic acids is 2. The predicted molar refractivity (Wildman–Crippen MR) is 80.7 cm³/mol. The molecule has 8 heteroatoms. The van der Waals surface area contributed by atoms with Gasteiger partial charge in [0.15, 0.2) is 0 Å². The van der Waals surface area contributed by atoms with Crippen LogP contribution < -0.4 is 5.73 Å². The normalized spacial score (nSPS) is 19.9. The first-order valence-corrected chi connectivity index (χ1v) is 7.97. The Morgan fingerprint density at radius 2 is 2.17 bits per heavy atom. The van der Waals surface area contributed by atoms with Crippen molar-refractivity contribution in [1.29, 1.82) is 0 Å². The smallest absolute Gasteiger partial charge is 0.368 e. The van der Waals surface area contributed by atoms with Crippen LogP contribution in [0.15, 0.2) is 29.2 Å². The van der Waals surface area contributed by atoms with Crippen molar-refractivity contribution in [2.45, 2.75) is 42.1 Å². The van der Waals surface area contributed by atoms with Crippen LogP contribution in [0.1, 0.15) is 31.2 Å². The van der Waals surface area contributed by atoms with Gasteiger partial charge in [-0.3, -0.25) is 9.59 Å². The molecule has 0 saturated carbocycles. The van der Waals surface area contributed by atoms with Crippen molar-refractivity contribution in [3.05, 3.63) is 29.8 Å². The third-order valence-corrected chi connectivity index (χ3v) is 4.53. The number of carbonyl (C=O) groups is 2. The van der Waals surface area contributed by atoms with Crippen molar-refractivity contribution in [1.82, 2.24) is 4.90 Å². The fourth-order valence-corrected chi connectivity index (χ4v) is 3.41. The summed E-state index contributed by atoms with van der Waals surface area (Å²) in [6.45, 7) is 2.05. The van der Waals surface area contributed by atoms with Crippen molar-refractivity contribution >= 4 is 23.6 Å². The molecular formula is C15H17F3N2O2S. The second kappa shape index (κ2) is 6.82. The van der Waals surface area contributed by atoms with Gasteiger partial charge < -0.3 is 10.6 Å². The molecule has 0 spiro atoms. The molecule has 0 aliphatic carbocycles. The average Bonchev–Trinajstić information content (AvgIpc) is 2.80. The first-order valence-electron chi connectivity index (χ1n) is 7.15. The highest BCUT2D eigenvalue weighted by Gasteiger charge is 2.37. The zero-order valence-corrected chi connectivity index (χ0v) is 13.3. The zero-order valence-electron chi connectivity index (χ0n) is 12.5. The lowest BCUT2D eigenvalue weighted by atomic mass is 9.98. The second-order valence-electron chi connectivity index (χ2n) is 5.39. The third kappa shape index (κ3) is 4.40. The van der Waals surface area contributed by atoms with Crippen LogP contribution in [0.4, 0.5) is 13.2 Å². The molecule has 2 atom stereocenters. The molecule has 4 nitrogen and oxygen atoms in total. The fourth-order valence-electron chi connectivity index (χ4n) is 2.80. The van der Waals surface area contributed by atoms with Gasteiger partial charge in [0.25, 0.3) is 0 Å². The largest absolute Gasteiger partial charge is 0.446 e. The lowest BCUT2D eigenvalue weighted by Crippen LogP contribution is -2.45. The molecule has 0 aromatic heterocycles. The average molecular weight is 346 g/mol. The molecule has 1 aliphatic heterocycles. The quantitative estimate of drug-likeness (QED) is 0.834. The minimum Gasteiger partial charge on any atom is -0.368 e. The molecule has 2 rings (SSSR count). The van der Waals surface area contributed by atoms with E-state index < -0.39 is 17.5 Å². The number of rotatable bonds is 5. The van der Waals surface area contributed by atoms with E-state index in [1.165, 1.54) is 17.0 Å². The number of benzene rings is 1. The van der Waals surface area contributed by atoms with E-state index in [-0.39, 0.29) is 34.9 Å². The lowest BCUT2D eigenvalue weighted by molar-refractivity contribution is -0.136. The summed E-state index contributed by atoms with van der Waals surface area (Å²) in [5.41, 5.74) is 1.62. The molecule has 1 aromatic carbocycles. The molecule has 1 heterocycles. The summed E-state index contributed by atoms with van der Waals surface area (Å²) in [6, 6.07) is 5.41. The van der Waals surface area contributed by atoms with E-state index in [4.69, 9.17) is 5.73 Å². The van der Waals surface area contributed by atoms with Crippen molar-refractivity contribution in [3.8, 4) is 0 Å². The number of primary amides is 1. The lowest BCUT2D eigenvalue weighted by Gasteiger charge is -2.24. The van der Waals surface area contributed by atoms with E-state index in [1.807, 2.05) is 0 Å². The van der Waals surface area contributed by atoms with Gasteiger partial charge in [0.2, 0.25) is 11.8 Å². The second-order valence-corrected chi connectivity index (χ2v) is 6.53. The molecule has 23 heavy (non-hydrogen) atoms. The van der Waals surface area contributed by atoms with Crippen LogP contribution in [0.25, 0.3) is 0 Å². The molecule has 0 bridgehead atoms. The summed E-state index contributed by atoms with van der Waals surface area (Å²) in [5.74, 6) is -0.998. The van der Waals surface area contributed by atoms with Crippen molar-refractivity contribution in [2.24, 2.45) is 5.73 Å². The van der Waals surface area contributed by atoms with Crippen molar-refractivity contribution < 1.29 is 22.8 Å². The molecular weight excluding hydrogens is 329 g/mol. The summed E-state index contributed by atoms with van der Waals surface area (Å²) in [6.07, 6.45) is 0.585. The summed E-state index contributed by atoms with van der Waals surface area (Å²) in [5, 5.41) is 0. The van der Waals surface area contributed by atoms with Gasteiger partial charge in [-0.15, -0.1) is 0 Å². The monoisotopic (exact) mass is 346 g/mol. The number of likely N-dealkylation sites (tertiary alicyclic amines) is 1. The minimum atomic E-state index is -4.35. The maximum Gasteiger partial charge on any atom is 0.446 e. The number of hydrogen-bond acceptors (Lipinski definition) is 3. The Balaban J connectivity index is 2.16. The molecule has 1 fully saturated rings. The van der Waals surface area contributed by atoms with Crippen molar-refractivity contribution in [3.63, 3.8) is 0 Å². The Hall–Kier alpha value is -1.70.